The molecule has 30 heavy (non-hydrogen) atoms. The minimum atomic E-state index is -3.65. The van der Waals surface area contributed by atoms with Crippen LogP contribution >= 0.6 is 23.1 Å². The fraction of sp³-hybridized carbons (Fsp3) is 0.500. The molecule has 1 saturated heterocycles. The fourth-order valence-corrected chi connectivity index (χ4v) is 7.51. The Morgan fingerprint density at radius 1 is 1.20 bits per heavy atom. The van der Waals surface area contributed by atoms with E-state index in [0.29, 0.717) is 19.0 Å². The van der Waals surface area contributed by atoms with E-state index in [-0.39, 0.29) is 28.3 Å². The van der Waals surface area contributed by atoms with Gasteiger partial charge in [-0.1, -0.05) is 6.07 Å². The van der Waals surface area contributed by atoms with Crippen LogP contribution < -0.4 is 10.1 Å². The zero-order valence-electron chi connectivity index (χ0n) is 16.6. The molecule has 0 spiro atoms. The Kier molecular flexibility index (Phi) is 6.97. The van der Waals surface area contributed by atoms with E-state index in [1.165, 1.54) is 23.2 Å². The highest BCUT2D eigenvalue weighted by molar-refractivity contribution is 7.99. The summed E-state index contributed by atoms with van der Waals surface area (Å²) in [6.45, 7) is 1.23. The number of amides is 1. The van der Waals surface area contributed by atoms with Crippen LogP contribution in [-0.2, 0) is 16.6 Å². The Labute approximate surface area is 185 Å². The molecule has 0 atom stereocenters. The summed E-state index contributed by atoms with van der Waals surface area (Å²) in [6.07, 6.45) is 6.48. The molecule has 10 heteroatoms. The average molecular weight is 468 g/mol. The first-order valence-corrected chi connectivity index (χ1v) is 13.6. The molecule has 1 saturated carbocycles. The standard InChI is InChI=1S/C20H25N3O4S3/c24-20(19-17(7-10-29-19)30(25,26)23-8-11-28-12-9-23)22-14-15-5-6-18(21-13-15)27-16-3-1-2-4-16/h5-7,10,13,16H,1-4,8-9,11-12,14H2,(H,22,24). The van der Waals surface area contributed by atoms with Crippen LogP contribution in [0.4, 0.5) is 0 Å². The number of sulfonamides is 1. The molecule has 0 aromatic carbocycles. The minimum Gasteiger partial charge on any atom is -0.474 e. The molecule has 1 N–H and O–H groups in total. The van der Waals surface area contributed by atoms with Crippen molar-refractivity contribution in [2.75, 3.05) is 24.6 Å². The number of nitrogens with one attached hydrogen (secondary N) is 1. The van der Waals surface area contributed by atoms with Crippen molar-refractivity contribution in [1.29, 1.82) is 0 Å². The van der Waals surface area contributed by atoms with Crippen molar-refractivity contribution in [2.45, 2.75) is 43.2 Å². The molecule has 1 aliphatic carbocycles. The van der Waals surface area contributed by atoms with Gasteiger partial charge in [0.25, 0.3) is 5.91 Å². The highest BCUT2D eigenvalue weighted by Crippen LogP contribution is 2.27. The molecule has 1 amide bonds. The van der Waals surface area contributed by atoms with Crippen LogP contribution in [0.1, 0.15) is 40.9 Å². The molecule has 7 nitrogen and oxygen atoms in total. The molecular weight excluding hydrogens is 442 g/mol. The molecule has 2 aromatic rings. The third kappa shape index (κ3) is 4.99. The van der Waals surface area contributed by atoms with Crippen LogP contribution in [-0.4, -0.2) is 54.3 Å². The second kappa shape index (κ2) is 9.67. The molecule has 2 aromatic heterocycles. The van der Waals surface area contributed by atoms with Crippen LogP contribution in [0, 0.1) is 0 Å². The van der Waals surface area contributed by atoms with Gasteiger partial charge in [0.2, 0.25) is 15.9 Å². The summed E-state index contributed by atoms with van der Waals surface area (Å²) in [6, 6.07) is 5.21. The summed E-state index contributed by atoms with van der Waals surface area (Å²) in [7, 11) is -3.65. The van der Waals surface area contributed by atoms with Gasteiger partial charge in [-0.25, -0.2) is 13.4 Å². The Hall–Kier alpha value is -1.62. The lowest BCUT2D eigenvalue weighted by atomic mass is 10.2. The molecule has 162 valence electrons. The molecule has 2 aliphatic rings. The molecule has 1 aliphatic heterocycles. The Morgan fingerprint density at radius 3 is 2.67 bits per heavy atom. The number of aromatic nitrogens is 1. The summed E-state index contributed by atoms with van der Waals surface area (Å²) in [4.78, 5) is 17.3. The van der Waals surface area contributed by atoms with Crippen molar-refractivity contribution in [1.82, 2.24) is 14.6 Å². The smallest absolute Gasteiger partial charge is 0.263 e. The Morgan fingerprint density at radius 2 is 1.97 bits per heavy atom. The second-order valence-electron chi connectivity index (χ2n) is 7.34. The minimum absolute atomic E-state index is 0.0929. The van der Waals surface area contributed by atoms with E-state index < -0.39 is 10.0 Å². The van der Waals surface area contributed by atoms with Gasteiger partial charge in [0.15, 0.2) is 0 Å². The van der Waals surface area contributed by atoms with Gasteiger partial charge in [0.1, 0.15) is 15.9 Å². The maximum atomic E-state index is 12.9. The van der Waals surface area contributed by atoms with Gasteiger partial charge in [-0.15, -0.1) is 11.3 Å². The summed E-state index contributed by atoms with van der Waals surface area (Å²) in [5.74, 6) is 1.76. The summed E-state index contributed by atoms with van der Waals surface area (Å²) >= 11 is 2.89. The van der Waals surface area contributed by atoms with E-state index in [4.69, 9.17) is 4.74 Å². The van der Waals surface area contributed by atoms with Gasteiger partial charge in [-0.3, -0.25) is 4.79 Å². The summed E-state index contributed by atoms with van der Waals surface area (Å²) < 4.78 is 33.2. The zero-order chi connectivity index (χ0) is 21.0. The van der Waals surface area contributed by atoms with Gasteiger partial charge < -0.3 is 10.1 Å². The third-order valence-electron chi connectivity index (χ3n) is 5.26. The van der Waals surface area contributed by atoms with E-state index >= 15 is 0 Å². The number of hydrogen-bond donors (Lipinski definition) is 1. The lowest BCUT2D eigenvalue weighted by Crippen LogP contribution is -2.38. The first kappa shape index (κ1) is 21.6. The first-order chi connectivity index (χ1) is 14.5. The molecular formula is C20H25N3O4S3. The predicted molar refractivity (Wildman–Crippen MR) is 119 cm³/mol. The number of thiophene rings is 1. The third-order valence-corrected chi connectivity index (χ3v) is 9.19. The number of thioether (sulfide) groups is 1. The van der Waals surface area contributed by atoms with Gasteiger partial charge in [0, 0.05) is 43.4 Å². The second-order valence-corrected chi connectivity index (χ2v) is 11.4. The fourth-order valence-electron chi connectivity index (χ4n) is 3.62. The lowest BCUT2D eigenvalue weighted by Gasteiger charge is -2.25. The number of nitrogens with zero attached hydrogens (tertiary/aromatic N) is 2. The van der Waals surface area contributed by atoms with Gasteiger partial charge in [-0.05, 0) is 42.7 Å². The number of carbonyl (C=O) groups excluding carboxylic acids is 1. The van der Waals surface area contributed by atoms with E-state index in [1.807, 2.05) is 12.1 Å². The van der Waals surface area contributed by atoms with E-state index in [1.54, 1.807) is 23.3 Å². The van der Waals surface area contributed by atoms with Crippen LogP contribution in [0.3, 0.4) is 0 Å². The molecule has 4 rings (SSSR count). The largest absolute Gasteiger partial charge is 0.474 e. The molecule has 2 fully saturated rings. The van der Waals surface area contributed by atoms with Crippen molar-refractivity contribution in [2.24, 2.45) is 0 Å². The van der Waals surface area contributed by atoms with E-state index in [9.17, 15) is 13.2 Å². The maximum absolute atomic E-state index is 12.9. The van der Waals surface area contributed by atoms with Gasteiger partial charge in [-0.2, -0.15) is 16.1 Å². The van der Waals surface area contributed by atoms with Crippen LogP contribution in [0.15, 0.2) is 34.7 Å². The summed E-state index contributed by atoms with van der Waals surface area (Å²) in [5, 5.41) is 4.46. The van der Waals surface area contributed by atoms with Crippen molar-refractivity contribution in [3.05, 3.63) is 40.2 Å². The topological polar surface area (TPSA) is 88.6 Å². The van der Waals surface area contributed by atoms with E-state index in [2.05, 4.69) is 10.3 Å². The molecule has 0 bridgehead atoms. The molecule has 0 radical (unpaired) electrons. The predicted octanol–water partition coefficient (Wildman–Crippen LogP) is 3.13. The SMILES string of the molecule is O=C(NCc1ccc(OC2CCCC2)nc1)c1sccc1S(=O)(=O)N1CCSCC1. The Balaban J connectivity index is 1.37. The van der Waals surface area contributed by atoms with Crippen molar-refractivity contribution in [3.63, 3.8) is 0 Å². The first-order valence-electron chi connectivity index (χ1n) is 10.1. The average Bonchev–Trinajstić information content (AvgIpc) is 3.46. The van der Waals surface area contributed by atoms with Crippen molar-refractivity contribution in [3.8, 4) is 5.88 Å². The number of pyridine rings is 1. The lowest BCUT2D eigenvalue weighted by molar-refractivity contribution is 0.0952. The summed E-state index contributed by atoms with van der Waals surface area (Å²) in [5.41, 5.74) is 0.830. The van der Waals surface area contributed by atoms with Crippen molar-refractivity contribution < 1.29 is 17.9 Å². The normalized spacial score (nSPS) is 18.4. The zero-order valence-corrected chi connectivity index (χ0v) is 19.0. The monoisotopic (exact) mass is 467 g/mol. The number of carbonyl (C=O) groups is 1. The number of rotatable bonds is 7. The van der Waals surface area contributed by atoms with E-state index in [0.717, 1.165) is 41.2 Å². The highest BCUT2D eigenvalue weighted by atomic mass is 32.2. The maximum Gasteiger partial charge on any atom is 0.263 e. The molecule has 3 heterocycles. The Bertz CT molecular complexity index is 963. The quantitative estimate of drug-likeness (QED) is 0.673. The van der Waals surface area contributed by atoms with Crippen LogP contribution in [0.2, 0.25) is 0 Å². The van der Waals surface area contributed by atoms with Gasteiger partial charge >= 0.3 is 0 Å². The number of ether oxygens (including phenoxy) is 1. The van der Waals surface area contributed by atoms with Crippen LogP contribution in [0.25, 0.3) is 0 Å². The van der Waals surface area contributed by atoms with Crippen molar-refractivity contribution >= 4 is 39.0 Å². The van der Waals surface area contributed by atoms with Gasteiger partial charge in [0.05, 0.1) is 0 Å². The molecule has 0 unspecified atom stereocenters. The van der Waals surface area contributed by atoms with Crippen LogP contribution in [0.5, 0.6) is 5.88 Å². The highest BCUT2D eigenvalue weighted by Gasteiger charge is 2.31. The number of hydrogen-bond acceptors (Lipinski definition) is 7.